The summed E-state index contributed by atoms with van der Waals surface area (Å²) in [5.74, 6) is -1.06. The number of aliphatic hydroxyl groups excluding tert-OH is 1. The van der Waals surface area contributed by atoms with Gasteiger partial charge in [0.25, 0.3) is 0 Å². The zero-order valence-corrected chi connectivity index (χ0v) is 15.4. The summed E-state index contributed by atoms with van der Waals surface area (Å²) >= 11 is 0. The quantitative estimate of drug-likeness (QED) is 0.261. The van der Waals surface area contributed by atoms with Crippen molar-refractivity contribution in [3.8, 4) is 11.8 Å². The Hall–Kier alpha value is -4.19. The summed E-state index contributed by atoms with van der Waals surface area (Å²) in [6.07, 6.45) is 2.50. The molecule has 0 saturated carbocycles. The third kappa shape index (κ3) is 5.20. The second-order valence-electron chi connectivity index (χ2n) is 5.92. The summed E-state index contributed by atoms with van der Waals surface area (Å²) < 4.78 is 33.4. The average molecular weight is 411 g/mol. The van der Waals surface area contributed by atoms with Crippen molar-refractivity contribution < 1.29 is 28.2 Å². The summed E-state index contributed by atoms with van der Waals surface area (Å²) in [4.78, 5) is 19.0. The first-order valence-electron chi connectivity index (χ1n) is 8.63. The number of nitrogens with zero attached hydrogens (tertiary/aromatic N) is 2. The SMILES string of the molecule is N#C/C(=C(\O)COC(=O)/C=C/c1ccc(OC(F)F)cc1)c1nc2ccccc2[nH]1. The molecule has 0 aliphatic rings. The van der Waals surface area contributed by atoms with Gasteiger partial charge in [0.05, 0.1) is 11.0 Å². The highest BCUT2D eigenvalue weighted by Gasteiger charge is 2.14. The average Bonchev–Trinajstić information content (AvgIpc) is 3.15. The number of ether oxygens (including phenoxy) is 2. The molecule has 0 amide bonds. The molecule has 2 N–H and O–H groups in total. The predicted octanol–water partition coefficient (Wildman–Crippen LogP) is 4.21. The van der Waals surface area contributed by atoms with Gasteiger partial charge in [-0.3, -0.25) is 0 Å². The van der Waals surface area contributed by atoms with Crippen molar-refractivity contribution in [2.45, 2.75) is 6.61 Å². The molecule has 3 aromatic rings. The molecule has 30 heavy (non-hydrogen) atoms. The molecule has 0 spiro atoms. The molecule has 0 bridgehead atoms. The van der Waals surface area contributed by atoms with Gasteiger partial charge in [-0.2, -0.15) is 14.0 Å². The second-order valence-corrected chi connectivity index (χ2v) is 5.92. The van der Waals surface area contributed by atoms with E-state index >= 15 is 0 Å². The molecule has 152 valence electrons. The molecule has 7 nitrogen and oxygen atoms in total. The van der Waals surface area contributed by atoms with Gasteiger partial charge < -0.3 is 19.6 Å². The van der Waals surface area contributed by atoms with E-state index in [-0.39, 0.29) is 17.1 Å². The Kier molecular flexibility index (Phi) is 6.39. The van der Waals surface area contributed by atoms with Crippen LogP contribution in [0, 0.1) is 11.3 Å². The molecule has 2 aromatic carbocycles. The Morgan fingerprint density at radius 1 is 1.23 bits per heavy atom. The van der Waals surface area contributed by atoms with Gasteiger partial charge in [-0.25, -0.2) is 9.78 Å². The van der Waals surface area contributed by atoms with Gasteiger partial charge in [0.1, 0.15) is 24.0 Å². The lowest BCUT2D eigenvalue weighted by atomic mass is 10.2. The molecule has 1 aromatic heterocycles. The zero-order valence-electron chi connectivity index (χ0n) is 15.4. The first kappa shape index (κ1) is 20.5. The maximum absolute atomic E-state index is 12.1. The number of aromatic amines is 1. The van der Waals surface area contributed by atoms with Crippen LogP contribution >= 0.6 is 0 Å². The van der Waals surface area contributed by atoms with E-state index in [1.54, 1.807) is 24.3 Å². The number of nitriles is 1. The van der Waals surface area contributed by atoms with E-state index in [2.05, 4.69) is 14.7 Å². The molecule has 3 rings (SSSR count). The Morgan fingerprint density at radius 2 is 1.97 bits per heavy atom. The Labute approximate surface area is 169 Å². The number of alkyl halides is 2. The van der Waals surface area contributed by atoms with E-state index in [0.717, 1.165) is 6.08 Å². The van der Waals surface area contributed by atoms with E-state index in [4.69, 9.17) is 4.74 Å². The van der Waals surface area contributed by atoms with Crippen LogP contribution in [0.2, 0.25) is 0 Å². The van der Waals surface area contributed by atoms with Crippen LogP contribution in [-0.2, 0) is 9.53 Å². The van der Waals surface area contributed by atoms with Crippen LogP contribution in [0.15, 0.2) is 60.4 Å². The third-order valence-electron chi connectivity index (χ3n) is 3.89. The number of benzene rings is 2. The summed E-state index contributed by atoms with van der Waals surface area (Å²) in [6, 6.07) is 14.6. The number of imidazole rings is 1. The fourth-order valence-electron chi connectivity index (χ4n) is 2.51. The van der Waals surface area contributed by atoms with Gasteiger partial charge in [0, 0.05) is 6.08 Å². The Balaban J connectivity index is 1.62. The van der Waals surface area contributed by atoms with Gasteiger partial charge in [-0.05, 0) is 35.9 Å². The van der Waals surface area contributed by atoms with Crippen LogP contribution in [0.1, 0.15) is 11.4 Å². The number of fused-ring (bicyclic) bond motifs is 1. The molecule has 0 saturated heterocycles. The van der Waals surface area contributed by atoms with Crippen LogP contribution in [0.3, 0.4) is 0 Å². The van der Waals surface area contributed by atoms with Crippen LogP contribution in [0.25, 0.3) is 22.7 Å². The van der Waals surface area contributed by atoms with E-state index in [1.807, 2.05) is 6.07 Å². The number of nitrogens with one attached hydrogen (secondary N) is 1. The lowest BCUT2D eigenvalue weighted by molar-refractivity contribution is -0.137. The Bertz CT molecular complexity index is 1110. The van der Waals surface area contributed by atoms with Gasteiger partial charge in [-0.1, -0.05) is 24.3 Å². The molecule has 0 atom stereocenters. The normalized spacial score (nSPS) is 12.1. The minimum Gasteiger partial charge on any atom is -0.507 e. The third-order valence-corrected chi connectivity index (χ3v) is 3.89. The molecule has 0 aliphatic heterocycles. The van der Waals surface area contributed by atoms with Crippen LogP contribution < -0.4 is 4.74 Å². The highest BCUT2D eigenvalue weighted by Crippen LogP contribution is 2.19. The summed E-state index contributed by atoms with van der Waals surface area (Å²) in [7, 11) is 0. The van der Waals surface area contributed by atoms with Crippen molar-refractivity contribution in [2.75, 3.05) is 6.61 Å². The number of rotatable bonds is 7. The maximum Gasteiger partial charge on any atom is 0.387 e. The highest BCUT2D eigenvalue weighted by molar-refractivity contribution is 5.87. The fourth-order valence-corrected chi connectivity index (χ4v) is 2.51. The van der Waals surface area contributed by atoms with Gasteiger partial charge >= 0.3 is 12.6 Å². The predicted molar refractivity (Wildman–Crippen MR) is 104 cm³/mol. The van der Waals surface area contributed by atoms with Crippen molar-refractivity contribution in [3.05, 3.63) is 71.8 Å². The number of H-pyrrole nitrogens is 1. The van der Waals surface area contributed by atoms with Gasteiger partial charge in [0.2, 0.25) is 0 Å². The number of carbonyl (C=O) groups is 1. The van der Waals surface area contributed by atoms with Crippen molar-refractivity contribution in [1.29, 1.82) is 5.26 Å². The molecule has 0 fully saturated rings. The zero-order chi connectivity index (χ0) is 21.5. The largest absolute Gasteiger partial charge is 0.507 e. The number of halogens is 2. The number of hydrogen-bond acceptors (Lipinski definition) is 6. The molecular weight excluding hydrogens is 396 g/mol. The lowest BCUT2D eigenvalue weighted by Gasteiger charge is -2.04. The van der Waals surface area contributed by atoms with E-state index in [0.29, 0.717) is 16.6 Å². The molecule has 0 radical (unpaired) electrons. The van der Waals surface area contributed by atoms with E-state index < -0.39 is 24.9 Å². The molecule has 1 heterocycles. The van der Waals surface area contributed by atoms with Crippen LogP contribution in [0.5, 0.6) is 5.75 Å². The molecule has 0 aliphatic carbocycles. The highest BCUT2D eigenvalue weighted by atomic mass is 19.3. The monoisotopic (exact) mass is 411 g/mol. The number of hydrogen-bond donors (Lipinski definition) is 2. The first-order chi connectivity index (χ1) is 14.5. The lowest BCUT2D eigenvalue weighted by Crippen LogP contribution is -2.06. The van der Waals surface area contributed by atoms with E-state index in [1.165, 1.54) is 30.3 Å². The maximum atomic E-state index is 12.1. The van der Waals surface area contributed by atoms with Crippen LogP contribution in [-0.4, -0.2) is 34.3 Å². The molecular formula is C21H15F2N3O4. The Morgan fingerprint density at radius 3 is 2.63 bits per heavy atom. The van der Waals surface area contributed by atoms with Crippen LogP contribution in [0.4, 0.5) is 8.78 Å². The summed E-state index contributed by atoms with van der Waals surface area (Å²) in [5.41, 5.74) is 1.72. The molecule has 9 heteroatoms. The number of esters is 1. The minimum absolute atomic E-state index is 0.00518. The standard InChI is InChI=1S/C21H15F2N3O4/c22-21(23)30-14-8-5-13(6-9-14)7-10-19(28)29-12-18(27)15(11-24)20-25-16-3-1-2-4-17(16)26-20/h1-10,21,27H,12H2,(H,25,26)/b10-7+,18-15+. The first-order valence-corrected chi connectivity index (χ1v) is 8.63. The van der Waals surface area contributed by atoms with Crippen molar-refractivity contribution in [2.24, 2.45) is 0 Å². The van der Waals surface area contributed by atoms with Crippen molar-refractivity contribution in [1.82, 2.24) is 9.97 Å². The number of allylic oxidation sites excluding steroid dienone is 1. The second kappa shape index (κ2) is 9.34. The van der Waals surface area contributed by atoms with E-state index in [9.17, 15) is 23.9 Å². The number of aromatic nitrogens is 2. The summed E-state index contributed by atoms with van der Waals surface area (Å²) in [6.45, 7) is -3.44. The van der Waals surface area contributed by atoms with Crippen molar-refractivity contribution in [3.63, 3.8) is 0 Å². The van der Waals surface area contributed by atoms with Gasteiger partial charge in [0.15, 0.2) is 11.6 Å². The minimum atomic E-state index is -2.92. The topological polar surface area (TPSA) is 108 Å². The number of carbonyl (C=O) groups excluding carboxylic acids is 1. The smallest absolute Gasteiger partial charge is 0.387 e. The number of aliphatic hydroxyl groups is 1. The van der Waals surface area contributed by atoms with Crippen molar-refractivity contribution >= 4 is 28.7 Å². The fraction of sp³-hybridized carbons (Fsp3) is 0.0952. The summed E-state index contributed by atoms with van der Waals surface area (Å²) in [5, 5.41) is 19.5. The number of para-hydroxylation sites is 2. The molecule has 0 unspecified atom stereocenters. The van der Waals surface area contributed by atoms with Gasteiger partial charge in [-0.15, -0.1) is 0 Å².